The third-order valence-corrected chi connectivity index (χ3v) is 5.22. The fourth-order valence-electron chi connectivity index (χ4n) is 3.65. The Morgan fingerprint density at radius 3 is 2.54 bits per heavy atom. The maximum Gasteiger partial charge on any atom is 0.255 e. The van der Waals surface area contributed by atoms with Crippen molar-refractivity contribution in [3.8, 4) is 0 Å². The average molecular weight is 379 g/mol. The maximum atomic E-state index is 12.6. The first-order valence-corrected chi connectivity index (χ1v) is 9.80. The molecule has 0 unspecified atom stereocenters. The summed E-state index contributed by atoms with van der Waals surface area (Å²) >= 11 is 0. The zero-order valence-electron chi connectivity index (χ0n) is 15.9. The van der Waals surface area contributed by atoms with Crippen molar-refractivity contribution >= 4 is 23.2 Å². The van der Waals surface area contributed by atoms with E-state index in [2.05, 4.69) is 10.2 Å². The third kappa shape index (κ3) is 4.40. The SMILES string of the molecule is O=C(Nc1cccc(N2CCCC2=O)c1)c1ccc(CN2CCOCC2)cc1. The predicted octanol–water partition coefficient (Wildman–Crippen LogP) is 2.90. The van der Waals surface area contributed by atoms with Gasteiger partial charge in [-0.15, -0.1) is 0 Å². The van der Waals surface area contributed by atoms with Crippen LogP contribution in [0.4, 0.5) is 11.4 Å². The number of nitrogens with one attached hydrogen (secondary N) is 1. The molecule has 2 aliphatic rings. The van der Waals surface area contributed by atoms with Gasteiger partial charge in [0.1, 0.15) is 0 Å². The highest BCUT2D eigenvalue weighted by Gasteiger charge is 2.21. The molecule has 0 spiro atoms. The molecule has 0 bridgehead atoms. The second kappa shape index (κ2) is 8.54. The molecule has 0 atom stereocenters. The summed E-state index contributed by atoms with van der Waals surface area (Å²) in [7, 11) is 0. The number of ether oxygens (including phenoxy) is 1. The van der Waals surface area contributed by atoms with E-state index in [1.165, 1.54) is 5.56 Å². The number of carbonyl (C=O) groups excluding carboxylic acids is 2. The fourth-order valence-corrected chi connectivity index (χ4v) is 3.65. The van der Waals surface area contributed by atoms with Crippen LogP contribution in [-0.2, 0) is 16.1 Å². The summed E-state index contributed by atoms with van der Waals surface area (Å²) in [5.74, 6) is -0.0119. The highest BCUT2D eigenvalue weighted by atomic mass is 16.5. The lowest BCUT2D eigenvalue weighted by Crippen LogP contribution is -2.35. The monoisotopic (exact) mass is 379 g/mol. The van der Waals surface area contributed by atoms with Crippen LogP contribution in [-0.4, -0.2) is 49.6 Å². The molecule has 6 nitrogen and oxygen atoms in total. The van der Waals surface area contributed by atoms with Gasteiger partial charge in [0.15, 0.2) is 0 Å². The van der Waals surface area contributed by atoms with Gasteiger partial charge in [0, 0.05) is 49.5 Å². The number of amides is 2. The second-order valence-corrected chi connectivity index (χ2v) is 7.24. The van der Waals surface area contributed by atoms with Crippen LogP contribution in [0.15, 0.2) is 48.5 Å². The molecule has 2 aromatic rings. The molecule has 4 rings (SSSR count). The highest BCUT2D eigenvalue weighted by molar-refractivity contribution is 6.05. The Hall–Kier alpha value is -2.70. The van der Waals surface area contributed by atoms with E-state index in [4.69, 9.17) is 4.74 Å². The summed E-state index contributed by atoms with van der Waals surface area (Å²) in [5, 5.41) is 2.93. The lowest BCUT2D eigenvalue weighted by molar-refractivity contribution is -0.117. The van der Waals surface area contributed by atoms with Crippen molar-refractivity contribution in [3.63, 3.8) is 0 Å². The zero-order valence-corrected chi connectivity index (χ0v) is 15.9. The molecular weight excluding hydrogens is 354 g/mol. The van der Waals surface area contributed by atoms with Crippen LogP contribution in [0, 0.1) is 0 Å². The van der Waals surface area contributed by atoms with Crippen LogP contribution in [0.2, 0.25) is 0 Å². The van der Waals surface area contributed by atoms with E-state index < -0.39 is 0 Å². The first-order chi connectivity index (χ1) is 13.7. The first-order valence-electron chi connectivity index (χ1n) is 9.80. The molecule has 6 heteroatoms. The topological polar surface area (TPSA) is 61.9 Å². The Bertz CT molecular complexity index is 844. The number of nitrogens with zero attached hydrogens (tertiary/aromatic N) is 2. The minimum absolute atomic E-state index is 0.138. The predicted molar refractivity (Wildman–Crippen MR) is 109 cm³/mol. The second-order valence-electron chi connectivity index (χ2n) is 7.24. The lowest BCUT2D eigenvalue weighted by atomic mass is 10.1. The maximum absolute atomic E-state index is 12.6. The molecule has 28 heavy (non-hydrogen) atoms. The van der Waals surface area contributed by atoms with Gasteiger partial charge in [-0.2, -0.15) is 0 Å². The van der Waals surface area contributed by atoms with Crippen molar-refractivity contribution in [2.24, 2.45) is 0 Å². The lowest BCUT2D eigenvalue weighted by Gasteiger charge is -2.26. The Morgan fingerprint density at radius 1 is 1.04 bits per heavy atom. The third-order valence-electron chi connectivity index (χ3n) is 5.22. The van der Waals surface area contributed by atoms with Crippen molar-refractivity contribution in [3.05, 3.63) is 59.7 Å². The summed E-state index contributed by atoms with van der Waals surface area (Å²) in [6.45, 7) is 5.05. The Morgan fingerprint density at radius 2 is 1.82 bits per heavy atom. The minimum atomic E-state index is -0.150. The Labute approximate surface area is 165 Å². The molecule has 0 aromatic heterocycles. The van der Waals surface area contributed by atoms with Gasteiger partial charge in [0.05, 0.1) is 13.2 Å². The molecule has 2 aliphatic heterocycles. The largest absolute Gasteiger partial charge is 0.379 e. The molecule has 2 saturated heterocycles. The number of hydrogen-bond donors (Lipinski definition) is 1. The van der Waals surface area contributed by atoms with Crippen molar-refractivity contribution < 1.29 is 14.3 Å². The van der Waals surface area contributed by atoms with E-state index in [1.807, 2.05) is 48.5 Å². The standard InChI is InChI=1S/C22H25N3O3/c26-21-5-2-10-25(21)20-4-1-3-19(15-20)23-22(27)18-8-6-17(7-9-18)16-24-11-13-28-14-12-24/h1,3-4,6-9,15H,2,5,10-14,16H2,(H,23,27). The average Bonchev–Trinajstić information content (AvgIpc) is 3.15. The number of rotatable bonds is 5. The number of hydrogen-bond acceptors (Lipinski definition) is 4. The van der Waals surface area contributed by atoms with Crippen LogP contribution < -0.4 is 10.2 Å². The van der Waals surface area contributed by atoms with Gasteiger partial charge in [0.25, 0.3) is 5.91 Å². The van der Waals surface area contributed by atoms with E-state index in [1.54, 1.807) is 4.90 Å². The van der Waals surface area contributed by atoms with Crippen molar-refractivity contribution in [2.75, 3.05) is 43.1 Å². The van der Waals surface area contributed by atoms with Crippen molar-refractivity contribution in [1.82, 2.24) is 4.90 Å². The number of carbonyl (C=O) groups is 2. The van der Waals surface area contributed by atoms with E-state index >= 15 is 0 Å². The van der Waals surface area contributed by atoms with Gasteiger partial charge in [-0.3, -0.25) is 14.5 Å². The Kier molecular flexibility index (Phi) is 5.69. The zero-order chi connectivity index (χ0) is 19.3. The molecule has 0 aliphatic carbocycles. The fraction of sp³-hybridized carbons (Fsp3) is 0.364. The van der Waals surface area contributed by atoms with Crippen LogP contribution in [0.5, 0.6) is 0 Å². The normalized spacial score (nSPS) is 17.7. The molecule has 0 radical (unpaired) electrons. The summed E-state index contributed by atoms with van der Waals surface area (Å²) in [6.07, 6.45) is 1.47. The highest BCUT2D eigenvalue weighted by Crippen LogP contribution is 2.24. The molecule has 2 fully saturated rings. The molecular formula is C22H25N3O3. The minimum Gasteiger partial charge on any atom is -0.379 e. The van der Waals surface area contributed by atoms with Crippen molar-refractivity contribution in [1.29, 1.82) is 0 Å². The van der Waals surface area contributed by atoms with E-state index in [9.17, 15) is 9.59 Å². The quantitative estimate of drug-likeness (QED) is 0.868. The molecule has 2 heterocycles. The summed E-state index contributed by atoms with van der Waals surface area (Å²) in [5.41, 5.74) is 3.34. The molecule has 2 amide bonds. The van der Waals surface area contributed by atoms with Gasteiger partial charge in [-0.1, -0.05) is 18.2 Å². The number of morpholine rings is 1. The van der Waals surface area contributed by atoms with Crippen LogP contribution in [0.3, 0.4) is 0 Å². The van der Waals surface area contributed by atoms with Gasteiger partial charge in [-0.25, -0.2) is 0 Å². The van der Waals surface area contributed by atoms with Crippen LogP contribution >= 0.6 is 0 Å². The first kappa shape index (κ1) is 18.7. The van der Waals surface area contributed by atoms with Gasteiger partial charge < -0.3 is 15.0 Å². The summed E-state index contributed by atoms with van der Waals surface area (Å²) in [4.78, 5) is 28.7. The number of benzene rings is 2. The summed E-state index contributed by atoms with van der Waals surface area (Å²) < 4.78 is 5.38. The van der Waals surface area contributed by atoms with Gasteiger partial charge >= 0.3 is 0 Å². The van der Waals surface area contributed by atoms with Crippen LogP contribution in [0.1, 0.15) is 28.8 Å². The molecule has 2 aromatic carbocycles. The Balaban J connectivity index is 1.38. The van der Waals surface area contributed by atoms with Gasteiger partial charge in [-0.05, 0) is 42.3 Å². The summed E-state index contributed by atoms with van der Waals surface area (Å²) in [6, 6.07) is 15.2. The van der Waals surface area contributed by atoms with E-state index in [0.29, 0.717) is 17.7 Å². The van der Waals surface area contributed by atoms with Crippen LogP contribution in [0.25, 0.3) is 0 Å². The smallest absolute Gasteiger partial charge is 0.255 e. The molecule has 0 saturated carbocycles. The van der Waals surface area contributed by atoms with Crippen molar-refractivity contribution in [2.45, 2.75) is 19.4 Å². The molecule has 1 N–H and O–H groups in total. The number of anilines is 2. The van der Waals surface area contributed by atoms with Gasteiger partial charge in [0.2, 0.25) is 5.91 Å². The van der Waals surface area contributed by atoms with E-state index in [-0.39, 0.29) is 11.8 Å². The molecule has 146 valence electrons. The van der Waals surface area contributed by atoms with E-state index in [0.717, 1.165) is 51.5 Å².